The Morgan fingerprint density at radius 1 is 1.12 bits per heavy atom. The molecule has 3 aliphatic heterocycles. The third-order valence-corrected chi connectivity index (χ3v) is 8.81. The number of hydrogen-bond acceptors (Lipinski definition) is 9. The average Bonchev–Trinajstić information content (AvgIpc) is 3.63. The molecule has 40 heavy (non-hydrogen) atoms. The van der Waals surface area contributed by atoms with E-state index in [9.17, 15) is 14.7 Å². The van der Waals surface area contributed by atoms with Crippen LogP contribution in [0.4, 0.5) is 0 Å². The number of aryl methyl sites for hydroxylation is 2. The lowest BCUT2D eigenvalue weighted by atomic mass is 9.77. The monoisotopic (exact) mass is 549 g/mol. The maximum absolute atomic E-state index is 13.2. The van der Waals surface area contributed by atoms with Crippen molar-refractivity contribution in [1.29, 1.82) is 0 Å². The normalized spacial score (nSPS) is 25.2. The van der Waals surface area contributed by atoms with Crippen molar-refractivity contribution in [2.75, 3.05) is 27.0 Å². The quantitative estimate of drug-likeness (QED) is 0.520. The van der Waals surface area contributed by atoms with Crippen LogP contribution < -0.4 is 9.47 Å². The van der Waals surface area contributed by atoms with E-state index in [1.165, 1.54) is 0 Å². The molecule has 3 heterocycles. The number of benzene rings is 2. The van der Waals surface area contributed by atoms with Gasteiger partial charge in [0.1, 0.15) is 12.4 Å². The van der Waals surface area contributed by atoms with Gasteiger partial charge in [0.2, 0.25) is 6.79 Å². The van der Waals surface area contributed by atoms with Crippen molar-refractivity contribution >= 4 is 11.9 Å². The van der Waals surface area contributed by atoms with Gasteiger partial charge in [0.05, 0.1) is 25.0 Å². The van der Waals surface area contributed by atoms with Crippen molar-refractivity contribution < 1.29 is 38.4 Å². The van der Waals surface area contributed by atoms with Crippen molar-refractivity contribution in [2.24, 2.45) is 0 Å². The summed E-state index contributed by atoms with van der Waals surface area (Å²) in [5.74, 6) is 0.107. The number of carbonyl (C=O) groups is 2. The van der Waals surface area contributed by atoms with Crippen LogP contribution in [-0.2, 0) is 36.8 Å². The smallest absolute Gasteiger partial charge is 0.336 e. The van der Waals surface area contributed by atoms with Gasteiger partial charge in [-0.2, -0.15) is 0 Å². The van der Waals surface area contributed by atoms with Crippen LogP contribution in [0.5, 0.6) is 11.5 Å². The first-order valence-corrected chi connectivity index (χ1v) is 13.8. The number of hydrogen-bond donors (Lipinski definition) is 1. The number of carbonyl (C=O) groups excluding carboxylic acids is 2. The van der Waals surface area contributed by atoms with E-state index in [2.05, 4.69) is 11.0 Å². The summed E-state index contributed by atoms with van der Waals surface area (Å²) < 4.78 is 28.4. The van der Waals surface area contributed by atoms with Crippen LogP contribution >= 0.6 is 0 Å². The minimum Gasteiger partial charge on any atom is -0.497 e. The van der Waals surface area contributed by atoms with Gasteiger partial charge in [-0.15, -0.1) is 0 Å². The van der Waals surface area contributed by atoms with Gasteiger partial charge in [-0.25, -0.2) is 4.79 Å². The second-order valence-corrected chi connectivity index (χ2v) is 11.1. The molecule has 1 aliphatic carbocycles. The summed E-state index contributed by atoms with van der Waals surface area (Å²) in [5.41, 5.74) is 4.84. The molecule has 1 fully saturated rings. The fourth-order valence-corrected chi connectivity index (χ4v) is 6.66. The average molecular weight is 550 g/mol. The van der Waals surface area contributed by atoms with Crippen LogP contribution in [0.1, 0.15) is 53.0 Å². The molecule has 0 aromatic heterocycles. The van der Waals surface area contributed by atoms with Crippen molar-refractivity contribution in [3.05, 3.63) is 70.0 Å². The van der Waals surface area contributed by atoms with Gasteiger partial charge in [0.25, 0.3) is 0 Å². The summed E-state index contributed by atoms with van der Waals surface area (Å²) in [6.07, 6.45) is 1.89. The maximum Gasteiger partial charge on any atom is 0.336 e. The molecule has 0 saturated carbocycles. The van der Waals surface area contributed by atoms with Crippen molar-refractivity contribution in [3.63, 3.8) is 0 Å². The molecule has 6 rings (SSSR count). The molecule has 2 unspecified atom stereocenters. The lowest BCUT2D eigenvalue weighted by molar-refractivity contribution is -0.165. The largest absolute Gasteiger partial charge is 0.497 e. The number of aliphatic hydroxyl groups excluding tert-OH is 1. The Hall–Kier alpha value is -3.56. The Labute approximate surface area is 233 Å². The maximum atomic E-state index is 13.2. The Kier molecular flexibility index (Phi) is 6.96. The highest BCUT2D eigenvalue weighted by Crippen LogP contribution is 2.55. The number of rotatable bonds is 7. The zero-order valence-electron chi connectivity index (χ0n) is 23.1. The van der Waals surface area contributed by atoms with E-state index < -0.39 is 30.6 Å². The predicted molar refractivity (Wildman–Crippen MR) is 144 cm³/mol. The highest BCUT2D eigenvalue weighted by molar-refractivity contribution is 5.82. The lowest BCUT2D eigenvalue weighted by Crippen LogP contribution is -2.47. The number of esters is 2. The van der Waals surface area contributed by atoms with E-state index in [1.54, 1.807) is 7.11 Å². The Morgan fingerprint density at radius 2 is 1.93 bits per heavy atom. The topological polar surface area (TPSA) is 104 Å². The molecule has 4 atom stereocenters. The summed E-state index contributed by atoms with van der Waals surface area (Å²) in [7, 11) is 1.56. The van der Waals surface area contributed by atoms with Crippen molar-refractivity contribution in [2.45, 2.75) is 69.8 Å². The van der Waals surface area contributed by atoms with Crippen LogP contribution in [0.15, 0.2) is 42.2 Å². The molecule has 4 aliphatic rings. The molecule has 2 aromatic rings. The number of methoxy groups -OCH3 is 1. The molecule has 0 radical (unpaired) electrons. The molecule has 9 heteroatoms. The molecule has 1 N–H and O–H groups in total. The summed E-state index contributed by atoms with van der Waals surface area (Å²) >= 11 is 0. The van der Waals surface area contributed by atoms with Gasteiger partial charge >= 0.3 is 11.9 Å². The summed E-state index contributed by atoms with van der Waals surface area (Å²) in [6.45, 7) is 6.02. The first kappa shape index (κ1) is 26.7. The van der Waals surface area contributed by atoms with Crippen LogP contribution in [-0.4, -0.2) is 66.7 Å². The molecular formula is C31H35NO8. The van der Waals surface area contributed by atoms with Gasteiger partial charge in [0.15, 0.2) is 23.7 Å². The van der Waals surface area contributed by atoms with Gasteiger partial charge in [-0.05, 0) is 85.7 Å². The molecule has 9 nitrogen and oxygen atoms in total. The minimum absolute atomic E-state index is 0.0637. The number of fused-ring (bicyclic) bond motifs is 3. The van der Waals surface area contributed by atoms with Gasteiger partial charge in [0, 0.05) is 6.54 Å². The number of nitrogens with zero attached hydrogens (tertiary/aromatic N) is 1. The third-order valence-electron chi connectivity index (χ3n) is 8.81. The second-order valence-electron chi connectivity index (χ2n) is 11.1. The Morgan fingerprint density at radius 3 is 2.70 bits per heavy atom. The lowest BCUT2D eigenvalue weighted by Gasteiger charge is -2.39. The van der Waals surface area contributed by atoms with Crippen LogP contribution in [0.25, 0.3) is 0 Å². The van der Waals surface area contributed by atoms with E-state index in [1.807, 2.05) is 44.2 Å². The molecule has 0 bridgehead atoms. The van der Waals surface area contributed by atoms with E-state index in [-0.39, 0.29) is 24.9 Å². The number of ether oxygens (including phenoxy) is 5. The standard InChI is InChI=1S/C31H35NO8/c1-18-5-6-20(11-19(18)2)16-37-27(34)14-23(33)30(35)40-29-26(36-3)15-31-8-4-9-32(31)10-7-21-12-24-25(39-17-38-24)13-22(21)28(29)31/h5-6,11-13,15,23,28-29,33H,4,7-10,14,16-17H2,1-3H3/t23-,28-,29?,31?/m1/s1. The van der Waals surface area contributed by atoms with Crippen LogP contribution in [0.2, 0.25) is 0 Å². The van der Waals surface area contributed by atoms with Crippen LogP contribution in [0.3, 0.4) is 0 Å². The summed E-state index contributed by atoms with van der Waals surface area (Å²) in [6, 6.07) is 9.82. The fourth-order valence-electron chi connectivity index (χ4n) is 6.66. The highest BCUT2D eigenvalue weighted by Gasteiger charge is 2.58. The second kappa shape index (κ2) is 10.4. The predicted octanol–water partition coefficient (Wildman–Crippen LogP) is 3.46. The van der Waals surface area contributed by atoms with Crippen LogP contribution in [0, 0.1) is 13.8 Å². The molecular weight excluding hydrogens is 514 g/mol. The zero-order valence-corrected chi connectivity index (χ0v) is 23.1. The minimum atomic E-state index is -1.66. The molecule has 0 amide bonds. The van der Waals surface area contributed by atoms with E-state index in [0.717, 1.165) is 65.9 Å². The van der Waals surface area contributed by atoms with E-state index in [0.29, 0.717) is 11.5 Å². The highest BCUT2D eigenvalue weighted by atomic mass is 16.7. The first-order chi connectivity index (χ1) is 19.3. The van der Waals surface area contributed by atoms with Gasteiger partial charge < -0.3 is 28.8 Å². The first-order valence-electron chi connectivity index (χ1n) is 13.8. The van der Waals surface area contributed by atoms with Crippen molar-refractivity contribution in [1.82, 2.24) is 4.90 Å². The Bertz CT molecular complexity index is 1370. The SMILES string of the molecule is COC1=CC23CCCN2CCc2cc4c(cc2[C@@H]3C1OC(=O)[C@H](O)CC(=O)OCc1ccc(C)c(C)c1)OCO4. The molecule has 1 spiro atoms. The Balaban J connectivity index is 1.20. The zero-order chi connectivity index (χ0) is 28.0. The van der Waals surface area contributed by atoms with E-state index in [4.69, 9.17) is 23.7 Å². The summed E-state index contributed by atoms with van der Waals surface area (Å²) in [4.78, 5) is 28.1. The van der Waals surface area contributed by atoms with Gasteiger partial charge in [-0.1, -0.05) is 18.2 Å². The van der Waals surface area contributed by atoms with E-state index >= 15 is 0 Å². The van der Waals surface area contributed by atoms with Gasteiger partial charge in [-0.3, -0.25) is 9.69 Å². The fraction of sp³-hybridized carbons (Fsp3) is 0.484. The molecule has 2 aromatic carbocycles. The van der Waals surface area contributed by atoms with Crippen molar-refractivity contribution in [3.8, 4) is 11.5 Å². The third kappa shape index (κ3) is 4.61. The molecule has 212 valence electrons. The molecule has 1 saturated heterocycles. The summed E-state index contributed by atoms with van der Waals surface area (Å²) in [5, 5.41) is 10.7. The number of aliphatic hydroxyl groups is 1.